The van der Waals surface area contributed by atoms with E-state index in [9.17, 15) is 14.4 Å². The number of hydrogen-bond acceptors (Lipinski definition) is 5. The van der Waals surface area contributed by atoms with Crippen molar-refractivity contribution in [2.45, 2.75) is 82.3 Å². The topological polar surface area (TPSA) is 157 Å². The standard InChI is InChI=1S/C25H37N5O4.ClH/c26-22(27)19-11-9-17(10-12-19)15-29-24(34)25(13-5-2-6-14-25)30-23(33)21(28-16-20(31)32)18-7-3-1-4-8-18;/h9-12,18,21,28H,1-8,13-16H2,(H3,26,27)(H,29,34)(H,30,33)(H,31,32);1H/t21-;/m1./s1. The van der Waals surface area contributed by atoms with Gasteiger partial charge in [0.15, 0.2) is 0 Å². The Balaban J connectivity index is 0.00000432. The number of nitrogens with one attached hydrogen (secondary N) is 4. The Kier molecular flexibility index (Phi) is 11.0. The minimum atomic E-state index is -1.01. The molecule has 7 N–H and O–H groups in total. The maximum atomic E-state index is 13.4. The number of aliphatic carboxylic acids is 1. The van der Waals surface area contributed by atoms with Gasteiger partial charge in [0.2, 0.25) is 11.8 Å². The Morgan fingerprint density at radius 2 is 1.63 bits per heavy atom. The number of nitrogen functional groups attached to an aromatic ring is 1. The van der Waals surface area contributed by atoms with E-state index in [0.29, 0.717) is 24.9 Å². The van der Waals surface area contributed by atoms with Crippen molar-refractivity contribution in [3.63, 3.8) is 0 Å². The van der Waals surface area contributed by atoms with Crippen LogP contribution in [-0.2, 0) is 20.9 Å². The van der Waals surface area contributed by atoms with Gasteiger partial charge in [0.1, 0.15) is 11.4 Å². The molecule has 1 aromatic carbocycles. The van der Waals surface area contributed by atoms with Crippen molar-refractivity contribution in [2.75, 3.05) is 6.54 Å². The van der Waals surface area contributed by atoms with Crippen LogP contribution in [0.4, 0.5) is 0 Å². The second-order valence-corrected chi connectivity index (χ2v) is 9.58. The summed E-state index contributed by atoms with van der Waals surface area (Å²) in [4.78, 5) is 38.0. The van der Waals surface area contributed by atoms with Crippen LogP contribution in [0.5, 0.6) is 0 Å². The first-order chi connectivity index (χ1) is 16.3. The summed E-state index contributed by atoms with van der Waals surface area (Å²) in [7, 11) is 0. The van der Waals surface area contributed by atoms with Crippen molar-refractivity contribution in [1.29, 1.82) is 5.41 Å². The number of carboxylic acids is 1. The molecule has 1 aromatic rings. The van der Waals surface area contributed by atoms with Gasteiger partial charge in [0, 0.05) is 12.1 Å². The van der Waals surface area contributed by atoms with Crippen LogP contribution in [0.15, 0.2) is 24.3 Å². The number of benzene rings is 1. The summed E-state index contributed by atoms with van der Waals surface area (Å²) in [5.41, 5.74) is 6.00. The molecule has 2 fully saturated rings. The first-order valence-electron chi connectivity index (χ1n) is 12.3. The number of halogens is 1. The van der Waals surface area contributed by atoms with E-state index < -0.39 is 17.6 Å². The van der Waals surface area contributed by atoms with E-state index in [1.165, 1.54) is 0 Å². The highest BCUT2D eigenvalue weighted by Gasteiger charge is 2.43. The van der Waals surface area contributed by atoms with Crippen molar-refractivity contribution in [2.24, 2.45) is 11.7 Å². The Labute approximate surface area is 212 Å². The molecule has 194 valence electrons. The molecule has 10 heteroatoms. The van der Waals surface area contributed by atoms with Crippen LogP contribution in [0, 0.1) is 11.3 Å². The number of carbonyl (C=O) groups is 3. The first kappa shape index (κ1) is 28.6. The number of rotatable bonds is 10. The fraction of sp³-hybridized carbons (Fsp3) is 0.600. The molecule has 2 saturated carbocycles. The summed E-state index contributed by atoms with van der Waals surface area (Å²) in [6, 6.07) is 6.49. The number of carboxylic acid groups (broad SMARTS) is 1. The van der Waals surface area contributed by atoms with Crippen LogP contribution in [0.2, 0.25) is 0 Å². The molecule has 0 saturated heterocycles. The summed E-state index contributed by atoms with van der Waals surface area (Å²) in [5.74, 6) is -1.44. The fourth-order valence-corrected chi connectivity index (χ4v) is 5.17. The highest BCUT2D eigenvalue weighted by atomic mass is 35.5. The van der Waals surface area contributed by atoms with Crippen LogP contribution in [-0.4, -0.2) is 46.9 Å². The molecule has 3 rings (SSSR count). The Morgan fingerprint density at radius 1 is 1.03 bits per heavy atom. The number of hydrogen-bond donors (Lipinski definition) is 6. The zero-order valence-electron chi connectivity index (χ0n) is 20.1. The van der Waals surface area contributed by atoms with Gasteiger partial charge in [-0.25, -0.2) is 0 Å². The van der Waals surface area contributed by atoms with Gasteiger partial charge in [-0.3, -0.25) is 25.1 Å². The van der Waals surface area contributed by atoms with E-state index in [1.54, 1.807) is 12.1 Å². The van der Waals surface area contributed by atoms with Crippen molar-refractivity contribution in [1.82, 2.24) is 16.0 Å². The molecule has 0 aromatic heterocycles. The third kappa shape index (κ3) is 7.93. The van der Waals surface area contributed by atoms with Gasteiger partial charge in [-0.05, 0) is 37.2 Å². The predicted octanol–water partition coefficient (Wildman–Crippen LogP) is 2.45. The van der Waals surface area contributed by atoms with Crippen LogP contribution in [0.1, 0.15) is 75.3 Å². The number of amidine groups is 1. The van der Waals surface area contributed by atoms with Gasteiger partial charge in [0.25, 0.3) is 0 Å². The average Bonchev–Trinajstić information content (AvgIpc) is 2.84. The lowest BCUT2D eigenvalue weighted by atomic mass is 9.79. The van der Waals surface area contributed by atoms with E-state index in [4.69, 9.17) is 16.2 Å². The minimum absolute atomic E-state index is 0. The fourth-order valence-electron chi connectivity index (χ4n) is 5.17. The van der Waals surface area contributed by atoms with E-state index in [-0.39, 0.29) is 42.5 Å². The largest absolute Gasteiger partial charge is 0.480 e. The molecule has 0 radical (unpaired) electrons. The van der Waals surface area contributed by atoms with E-state index in [2.05, 4.69) is 16.0 Å². The molecule has 2 aliphatic rings. The summed E-state index contributed by atoms with van der Waals surface area (Å²) in [6.45, 7) is 0.0159. The lowest BCUT2D eigenvalue weighted by Crippen LogP contribution is -2.63. The minimum Gasteiger partial charge on any atom is -0.480 e. The van der Waals surface area contributed by atoms with Gasteiger partial charge in [-0.15, -0.1) is 12.4 Å². The van der Waals surface area contributed by atoms with E-state index in [0.717, 1.165) is 56.9 Å². The zero-order valence-corrected chi connectivity index (χ0v) is 20.9. The first-order valence-corrected chi connectivity index (χ1v) is 12.3. The number of nitrogens with two attached hydrogens (primary N) is 1. The van der Waals surface area contributed by atoms with E-state index >= 15 is 0 Å². The monoisotopic (exact) mass is 507 g/mol. The van der Waals surface area contributed by atoms with Crippen molar-refractivity contribution < 1.29 is 19.5 Å². The van der Waals surface area contributed by atoms with Gasteiger partial charge >= 0.3 is 5.97 Å². The van der Waals surface area contributed by atoms with Gasteiger partial charge in [-0.1, -0.05) is 62.8 Å². The molecule has 1 atom stereocenters. The highest BCUT2D eigenvalue weighted by molar-refractivity contribution is 5.95. The molecular weight excluding hydrogens is 470 g/mol. The Hall–Kier alpha value is -2.65. The molecule has 0 unspecified atom stereocenters. The maximum absolute atomic E-state index is 13.4. The quantitative estimate of drug-likeness (QED) is 0.211. The number of carbonyl (C=O) groups excluding carboxylic acids is 2. The lowest BCUT2D eigenvalue weighted by molar-refractivity contribution is -0.138. The van der Waals surface area contributed by atoms with Crippen molar-refractivity contribution >= 4 is 36.0 Å². The molecule has 0 bridgehead atoms. The molecule has 2 aliphatic carbocycles. The third-order valence-electron chi connectivity index (χ3n) is 7.10. The second-order valence-electron chi connectivity index (χ2n) is 9.58. The summed E-state index contributed by atoms with van der Waals surface area (Å²) >= 11 is 0. The molecule has 0 spiro atoms. The van der Waals surface area contributed by atoms with Gasteiger partial charge in [-0.2, -0.15) is 0 Å². The smallest absolute Gasteiger partial charge is 0.317 e. The molecule has 2 amide bonds. The number of amides is 2. The predicted molar refractivity (Wildman–Crippen MR) is 137 cm³/mol. The molecule has 0 aliphatic heterocycles. The van der Waals surface area contributed by atoms with Crippen molar-refractivity contribution in [3.8, 4) is 0 Å². The van der Waals surface area contributed by atoms with E-state index in [1.807, 2.05) is 12.1 Å². The van der Waals surface area contributed by atoms with Gasteiger partial charge < -0.3 is 21.5 Å². The van der Waals surface area contributed by atoms with Crippen LogP contribution in [0.3, 0.4) is 0 Å². The van der Waals surface area contributed by atoms with Crippen LogP contribution >= 0.6 is 12.4 Å². The second kappa shape index (κ2) is 13.4. The summed E-state index contributed by atoms with van der Waals surface area (Å²) < 4.78 is 0. The molecule has 35 heavy (non-hydrogen) atoms. The Morgan fingerprint density at radius 3 is 2.20 bits per heavy atom. The molecular formula is C25H38ClN5O4. The SMILES string of the molecule is Cl.N=C(N)c1ccc(CNC(=O)C2(NC(=O)[C@H](NCC(=O)O)C3CCCCC3)CCCCC2)cc1. The van der Waals surface area contributed by atoms with Crippen LogP contribution in [0.25, 0.3) is 0 Å². The highest BCUT2D eigenvalue weighted by Crippen LogP contribution is 2.31. The molecule has 9 nitrogen and oxygen atoms in total. The Bertz CT molecular complexity index is 880. The molecule has 0 heterocycles. The zero-order chi connectivity index (χ0) is 24.6. The van der Waals surface area contributed by atoms with Crippen LogP contribution < -0.4 is 21.7 Å². The maximum Gasteiger partial charge on any atom is 0.317 e. The summed E-state index contributed by atoms with van der Waals surface area (Å²) in [5, 5.41) is 25.6. The van der Waals surface area contributed by atoms with Gasteiger partial charge in [0.05, 0.1) is 12.6 Å². The normalized spacial score (nSPS) is 18.5. The van der Waals surface area contributed by atoms with Crippen molar-refractivity contribution in [3.05, 3.63) is 35.4 Å². The lowest BCUT2D eigenvalue weighted by Gasteiger charge is -2.39. The third-order valence-corrected chi connectivity index (χ3v) is 7.10. The summed E-state index contributed by atoms with van der Waals surface area (Å²) in [6.07, 6.45) is 8.75. The average molecular weight is 508 g/mol.